The van der Waals surface area contributed by atoms with Crippen molar-refractivity contribution in [3.05, 3.63) is 77.3 Å². The molecular formula is C18H15FO4. The minimum atomic E-state index is -0.576. The van der Waals surface area contributed by atoms with Crippen molar-refractivity contribution in [2.24, 2.45) is 0 Å². The number of hydrogen-bond acceptors (Lipinski definition) is 4. The van der Waals surface area contributed by atoms with Crippen LogP contribution in [0.15, 0.2) is 60.4 Å². The third kappa shape index (κ3) is 4.51. The van der Waals surface area contributed by atoms with Crippen LogP contribution in [0.25, 0.3) is 0 Å². The van der Waals surface area contributed by atoms with Gasteiger partial charge in [0.25, 0.3) is 0 Å². The Bertz CT molecular complexity index is 731. The summed E-state index contributed by atoms with van der Waals surface area (Å²) in [6.07, 6.45) is 1.19. The fourth-order valence-corrected chi connectivity index (χ4v) is 1.84. The molecule has 0 aromatic heterocycles. The van der Waals surface area contributed by atoms with Gasteiger partial charge in [-0.2, -0.15) is 0 Å². The fraction of sp³-hybridized carbons (Fsp3) is 0.111. The molecule has 0 atom stereocenters. The molecule has 5 heteroatoms. The summed E-state index contributed by atoms with van der Waals surface area (Å²) in [6, 6.07) is 11.5. The average Bonchev–Trinajstić information content (AvgIpc) is 2.55. The minimum absolute atomic E-state index is 0.153. The summed E-state index contributed by atoms with van der Waals surface area (Å²) >= 11 is 0. The number of methoxy groups -OCH3 is 1. The van der Waals surface area contributed by atoms with Gasteiger partial charge in [0.15, 0.2) is 5.78 Å². The number of ether oxygens (including phenoxy) is 2. The van der Waals surface area contributed by atoms with E-state index in [1.54, 1.807) is 24.3 Å². The lowest BCUT2D eigenvalue weighted by Gasteiger charge is -2.05. The van der Waals surface area contributed by atoms with Gasteiger partial charge >= 0.3 is 5.97 Å². The molecule has 0 amide bonds. The lowest BCUT2D eigenvalue weighted by Crippen LogP contribution is -2.05. The van der Waals surface area contributed by atoms with Gasteiger partial charge in [-0.15, -0.1) is 0 Å². The highest BCUT2D eigenvalue weighted by molar-refractivity contribution is 6.05. The maximum Gasteiger partial charge on any atom is 0.343 e. The number of esters is 1. The molecule has 0 radical (unpaired) electrons. The topological polar surface area (TPSA) is 52.6 Å². The number of allylic oxidation sites excluding steroid dienone is 2. The molecule has 0 saturated heterocycles. The first-order valence-corrected chi connectivity index (χ1v) is 6.84. The van der Waals surface area contributed by atoms with Crippen molar-refractivity contribution in [2.75, 3.05) is 7.11 Å². The lowest BCUT2D eigenvalue weighted by atomic mass is 10.1. The van der Waals surface area contributed by atoms with Crippen LogP contribution < -0.4 is 4.74 Å². The molecule has 0 N–H and O–H groups in total. The maximum atomic E-state index is 12.8. The molecule has 118 valence electrons. The van der Waals surface area contributed by atoms with Crippen molar-refractivity contribution < 1.29 is 23.5 Å². The van der Waals surface area contributed by atoms with Gasteiger partial charge in [0.2, 0.25) is 0 Å². The Balaban J connectivity index is 2.04. The van der Waals surface area contributed by atoms with Gasteiger partial charge < -0.3 is 9.47 Å². The quantitative estimate of drug-likeness (QED) is 0.365. The van der Waals surface area contributed by atoms with Crippen LogP contribution in [0.5, 0.6) is 5.75 Å². The Kier molecular flexibility index (Phi) is 5.25. The van der Waals surface area contributed by atoms with Crippen molar-refractivity contribution in [1.29, 1.82) is 0 Å². The summed E-state index contributed by atoms with van der Waals surface area (Å²) in [4.78, 5) is 23.9. The molecule has 2 rings (SSSR count). The van der Waals surface area contributed by atoms with Crippen LogP contribution in [0.3, 0.4) is 0 Å². The predicted molar refractivity (Wildman–Crippen MR) is 82.9 cm³/mol. The smallest absolute Gasteiger partial charge is 0.343 e. The van der Waals surface area contributed by atoms with Crippen molar-refractivity contribution >= 4 is 11.8 Å². The zero-order chi connectivity index (χ0) is 16.8. The van der Waals surface area contributed by atoms with Gasteiger partial charge in [0.1, 0.15) is 17.3 Å². The zero-order valence-electron chi connectivity index (χ0n) is 12.7. The first-order valence-electron chi connectivity index (χ1n) is 6.84. The molecule has 0 aliphatic heterocycles. The predicted octanol–water partition coefficient (Wildman–Crippen LogP) is 3.78. The van der Waals surface area contributed by atoms with Crippen LogP contribution in [-0.4, -0.2) is 18.9 Å². The number of hydrogen-bond donors (Lipinski definition) is 0. The van der Waals surface area contributed by atoms with E-state index in [2.05, 4.69) is 0 Å². The molecule has 0 bridgehead atoms. The molecule has 0 saturated carbocycles. The second-order valence-electron chi connectivity index (χ2n) is 4.74. The first kappa shape index (κ1) is 16.4. The SMILES string of the molecule is COc1ccc(C(=O)O/C(C)=C/C(=O)c2ccc(F)cc2)cc1. The van der Waals surface area contributed by atoms with E-state index < -0.39 is 11.8 Å². The largest absolute Gasteiger partial charge is 0.497 e. The van der Waals surface area contributed by atoms with Crippen LogP contribution in [-0.2, 0) is 4.74 Å². The average molecular weight is 314 g/mol. The standard InChI is InChI=1S/C18H15FO4/c1-12(11-17(20)13-3-7-15(19)8-4-13)23-18(21)14-5-9-16(22-2)10-6-14/h3-11H,1-2H3/b12-11+. The van der Waals surface area contributed by atoms with E-state index in [1.165, 1.54) is 44.4 Å². The number of carbonyl (C=O) groups is 2. The summed E-state index contributed by atoms with van der Waals surface area (Å²) in [5.41, 5.74) is 0.652. The number of halogens is 1. The third-order valence-corrected chi connectivity index (χ3v) is 3.04. The van der Waals surface area contributed by atoms with Gasteiger partial charge in [-0.25, -0.2) is 9.18 Å². The molecule has 0 unspecified atom stereocenters. The minimum Gasteiger partial charge on any atom is -0.497 e. The maximum absolute atomic E-state index is 12.8. The van der Waals surface area contributed by atoms with Gasteiger partial charge in [-0.3, -0.25) is 4.79 Å². The highest BCUT2D eigenvalue weighted by Crippen LogP contribution is 2.14. The third-order valence-electron chi connectivity index (χ3n) is 3.04. The second-order valence-corrected chi connectivity index (χ2v) is 4.74. The Morgan fingerprint density at radius 1 is 0.957 bits per heavy atom. The van der Waals surface area contributed by atoms with Crippen molar-refractivity contribution in [3.8, 4) is 5.75 Å². The Morgan fingerprint density at radius 2 is 1.52 bits per heavy atom. The van der Waals surface area contributed by atoms with Crippen LogP contribution >= 0.6 is 0 Å². The molecular weight excluding hydrogens is 299 g/mol. The molecule has 4 nitrogen and oxygen atoms in total. The van der Waals surface area contributed by atoms with E-state index in [9.17, 15) is 14.0 Å². The van der Waals surface area contributed by atoms with Crippen LogP contribution in [0.2, 0.25) is 0 Å². The van der Waals surface area contributed by atoms with E-state index in [1.807, 2.05) is 0 Å². The summed E-state index contributed by atoms with van der Waals surface area (Å²) in [5.74, 6) is -0.591. The molecule has 0 aliphatic rings. The van der Waals surface area contributed by atoms with Crippen molar-refractivity contribution in [3.63, 3.8) is 0 Å². The highest BCUT2D eigenvalue weighted by Gasteiger charge is 2.10. The van der Waals surface area contributed by atoms with Crippen molar-refractivity contribution in [1.82, 2.24) is 0 Å². The van der Waals surface area contributed by atoms with Crippen LogP contribution in [0.4, 0.5) is 4.39 Å². The first-order chi connectivity index (χ1) is 11.0. The van der Waals surface area contributed by atoms with E-state index >= 15 is 0 Å². The van der Waals surface area contributed by atoms with Crippen molar-refractivity contribution in [2.45, 2.75) is 6.92 Å². The number of benzene rings is 2. The number of carbonyl (C=O) groups excluding carboxylic acids is 2. The Labute approximate surface area is 133 Å². The fourth-order valence-electron chi connectivity index (χ4n) is 1.84. The Morgan fingerprint density at radius 3 is 2.09 bits per heavy atom. The number of rotatable bonds is 5. The van der Waals surface area contributed by atoms with Crippen LogP contribution in [0.1, 0.15) is 27.6 Å². The van der Waals surface area contributed by atoms with Gasteiger partial charge in [0, 0.05) is 11.6 Å². The molecule has 0 fully saturated rings. The van der Waals surface area contributed by atoms with E-state index in [-0.39, 0.29) is 11.5 Å². The summed E-state index contributed by atoms with van der Waals surface area (Å²) < 4.78 is 22.9. The van der Waals surface area contributed by atoms with Gasteiger partial charge in [-0.05, 0) is 55.5 Å². The van der Waals surface area contributed by atoms with E-state index in [0.717, 1.165) is 0 Å². The summed E-state index contributed by atoms with van der Waals surface area (Å²) in [5, 5.41) is 0. The molecule has 0 spiro atoms. The molecule has 0 aliphatic carbocycles. The highest BCUT2D eigenvalue weighted by atomic mass is 19.1. The molecule has 2 aromatic rings. The van der Waals surface area contributed by atoms with E-state index in [0.29, 0.717) is 16.9 Å². The van der Waals surface area contributed by atoms with Crippen LogP contribution in [0, 0.1) is 5.82 Å². The molecule has 0 heterocycles. The summed E-state index contributed by atoms with van der Waals surface area (Å²) in [7, 11) is 1.53. The number of ketones is 1. The molecule has 2 aromatic carbocycles. The van der Waals surface area contributed by atoms with Gasteiger partial charge in [0.05, 0.1) is 12.7 Å². The van der Waals surface area contributed by atoms with E-state index in [4.69, 9.17) is 9.47 Å². The lowest BCUT2D eigenvalue weighted by molar-refractivity contribution is 0.0625. The molecule has 23 heavy (non-hydrogen) atoms. The monoisotopic (exact) mass is 314 g/mol. The van der Waals surface area contributed by atoms with Gasteiger partial charge in [-0.1, -0.05) is 0 Å². The Hall–Kier alpha value is -2.95. The summed E-state index contributed by atoms with van der Waals surface area (Å²) in [6.45, 7) is 1.50. The second kappa shape index (κ2) is 7.35. The normalized spacial score (nSPS) is 11.0. The zero-order valence-corrected chi connectivity index (χ0v) is 12.7.